The molecule has 1 aliphatic carbocycles. The monoisotopic (exact) mass is 396 g/mol. The smallest absolute Gasteiger partial charge is 0.253 e. The van der Waals surface area contributed by atoms with Crippen LogP contribution in [0.5, 0.6) is 0 Å². The number of carbonyl (C=O) groups is 1. The zero-order chi connectivity index (χ0) is 19.5. The normalized spacial score (nSPS) is 18.8. The van der Waals surface area contributed by atoms with Crippen LogP contribution in [0.4, 0.5) is 5.82 Å². The summed E-state index contributed by atoms with van der Waals surface area (Å²) in [5.41, 5.74) is 2.06. The van der Waals surface area contributed by atoms with Gasteiger partial charge >= 0.3 is 0 Å². The topological polar surface area (TPSA) is 84.7 Å². The molecule has 1 aromatic carbocycles. The maximum absolute atomic E-state index is 13.0. The standard InChI is InChI=1S/C20H21ClN6O/c1-13-11-23-19(12-22-13)25-16-4-2-5-17(16)26-20(28)15-10-14(21)6-7-18(15)27-9-3-8-24-27/h3,6-12,16-17H,2,4-5H2,1H3,(H,23,25)(H,26,28)/t16-,17-/m0/s1. The van der Waals surface area contributed by atoms with Crippen LogP contribution in [0.2, 0.25) is 5.02 Å². The summed E-state index contributed by atoms with van der Waals surface area (Å²) < 4.78 is 1.66. The van der Waals surface area contributed by atoms with E-state index in [1.807, 2.05) is 13.0 Å². The van der Waals surface area contributed by atoms with Crippen LogP contribution in [0.15, 0.2) is 49.1 Å². The van der Waals surface area contributed by atoms with Crippen molar-refractivity contribution in [2.24, 2.45) is 0 Å². The lowest BCUT2D eigenvalue weighted by Crippen LogP contribution is -2.43. The molecule has 0 radical (unpaired) electrons. The van der Waals surface area contributed by atoms with Crippen molar-refractivity contribution < 1.29 is 4.79 Å². The van der Waals surface area contributed by atoms with E-state index in [-0.39, 0.29) is 18.0 Å². The molecule has 28 heavy (non-hydrogen) atoms. The number of carbonyl (C=O) groups excluding carboxylic acids is 1. The Kier molecular flexibility index (Phi) is 5.25. The third-order valence-electron chi connectivity index (χ3n) is 4.90. The number of rotatable bonds is 5. The third-order valence-corrected chi connectivity index (χ3v) is 5.14. The molecule has 4 rings (SSSR count). The second kappa shape index (κ2) is 7.98. The molecule has 1 aliphatic rings. The fraction of sp³-hybridized carbons (Fsp3) is 0.300. The molecule has 0 spiro atoms. The van der Waals surface area contributed by atoms with E-state index in [9.17, 15) is 4.79 Å². The highest BCUT2D eigenvalue weighted by Crippen LogP contribution is 2.24. The van der Waals surface area contributed by atoms with E-state index in [4.69, 9.17) is 11.6 Å². The second-order valence-corrected chi connectivity index (χ2v) is 7.35. The summed E-state index contributed by atoms with van der Waals surface area (Å²) >= 11 is 6.15. The molecule has 2 atom stereocenters. The second-order valence-electron chi connectivity index (χ2n) is 6.92. The average Bonchev–Trinajstić information content (AvgIpc) is 3.36. The number of halogens is 1. The van der Waals surface area contributed by atoms with Crippen LogP contribution in [-0.2, 0) is 0 Å². The Hall–Kier alpha value is -2.93. The zero-order valence-corrected chi connectivity index (χ0v) is 16.2. The molecule has 1 fully saturated rings. The lowest BCUT2D eigenvalue weighted by atomic mass is 10.1. The van der Waals surface area contributed by atoms with Gasteiger partial charge in [0.25, 0.3) is 5.91 Å². The molecule has 7 nitrogen and oxygen atoms in total. The Balaban J connectivity index is 1.51. The molecule has 1 saturated carbocycles. The molecule has 0 bridgehead atoms. The lowest BCUT2D eigenvalue weighted by molar-refractivity contribution is 0.0935. The summed E-state index contributed by atoms with van der Waals surface area (Å²) in [7, 11) is 0. The molecule has 144 valence electrons. The predicted octanol–water partition coefficient (Wildman–Crippen LogP) is 3.39. The number of nitrogens with one attached hydrogen (secondary N) is 2. The number of hydrogen-bond donors (Lipinski definition) is 2. The number of amides is 1. The van der Waals surface area contributed by atoms with Gasteiger partial charge in [-0.15, -0.1) is 0 Å². The first kappa shape index (κ1) is 18.4. The minimum Gasteiger partial charge on any atom is -0.364 e. The summed E-state index contributed by atoms with van der Waals surface area (Å²) in [6, 6.07) is 7.15. The fourth-order valence-electron chi connectivity index (χ4n) is 3.51. The summed E-state index contributed by atoms with van der Waals surface area (Å²) in [5, 5.41) is 11.3. The summed E-state index contributed by atoms with van der Waals surface area (Å²) in [6.45, 7) is 1.90. The quantitative estimate of drug-likeness (QED) is 0.690. The number of anilines is 1. The number of hydrogen-bond acceptors (Lipinski definition) is 5. The molecule has 8 heteroatoms. The van der Waals surface area contributed by atoms with Gasteiger partial charge in [-0.1, -0.05) is 11.6 Å². The van der Waals surface area contributed by atoms with Gasteiger partial charge in [0.1, 0.15) is 5.82 Å². The molecule has 0 saturated heterocycles. The van der Waals surface area contributed by atoms with Crippen LogP contribution in [0.3, 0.4) is 0 Å². The van der Waals surface area contributed by atoms with Crippen LogP contribution in [0, 0.1) is 6.92 Å². The lowest BCUT2D eigenvalue weighted by Gasteiger charge is -2.23. The minimum absolute atomic E-state index is 0.0000520. The SMILES string of the molecule is Cc1cnc(N[C@H]2CCC[C@@H]2NC(=O)c2cc(Cl)ccc2-n2cccn2)cn1. The van der Waals surface area contributed by atoms with Crippen molar-refractivity contribution in [2.45, 2.75) is 38.3 Å². The highest BCUT2D eigenvalue weighted by Gasteiger charge is 2.30. The average molecular weight is 397 g/mol. The van der Waals surface area contributed by atoms with Gasteiger partial charge in [-0.25, -0.2) is 9.67 Å². The summed E-state index contributed by atoms with van der Waals surface area (Å²) in [5.74, 6) is 0.554. The molecular weight excluding hydrogens is 376 g/mol. The molecule has 0 aliphatic heterocycles. The number of aromatic nitrogens is 4. The van der Waals surface area contributed by atoms with Crippen molar-refractivity contribution in [2.75, 3.05) is 5.32 Å². The van der Waals surface area contributed by atoms with Crippen molar-refractivity contribution in [3.8, 4) is 5.69 Å². The van der Waals surface area contributed by atoms with Crippen LogP contribution >= 0.6 is 11.6 Å². The first-order chi connectivity index (χ1) is 13.6. The van der Waals surface area contributed by atoms with Crippen molar-refractivity contribution >= 4 is 23.3 Å². The van der Waals surface area contributed by atoms with Gasteiger partial charge in [-0.2, -0.15) is 5.10 Å². The van der Waals surface area contributed by atoms with Crippen molar-refractivity contribution in [3.05, 3.63) is 65.3 Å². The van der Waals surface area contributed by atoms with Gasteiger partial charge in [0, 0.05) is 29.5 Å². The molecule has 2 aromatic heterocycles. The Morgan fingerprint density at radius 1 is 1.21 bits per heavy atom. The van der Waals surface area contributed by atoms with Gasteiger partial charge in [0.05, 0.1) is 29.3 Å². The molecule has 2 heterocycles. The first-order valence-corrected chi connectivity index (χ1v) is 9.63. The fourth-order valence-corrected chi connectivity index (χ4v) is 3.68. The van der Waals surface area contributed by atoms with Crippen LogP contribution in [-0.4, -0.2) is 37.7 Å². The van der Waals surface area contributed by atoms with E-state index < -0.39 is 0 Å². The minimum atomic E-state index is -0.165. The van der Waals surface area contributed by atoms with E-state index in [0.29, 0.717) is 16.3 Å². The summed E-state index contributed by atoms with van der Waals surface area (Å²) in [4.78, 5) is 21.7. The molecule has 2 N–H and O–H groups in total. The van der Waals surface area contributed by atoms with Gasteiger partial charge < -0.3 is 10.6 Å². The maximum atomic E-state index is 13.0. The van der Waals surface area contributed by atoms with E-state index in [1.165, 1.54) is 0 Å². The molecule has 0 unspecified atom stereocenters. The highest BCUT2D eigenvalue weighted by molar-refractivity contribution is 6.31. The Morgan fingerprint density at radius 2 is 2.07 bits per heavy atom. The Morgan fingerprint density at radius 3 is 2.82 bits per heavy atom. The van der Waals surface area contributed by atoms with E-state index in [0.717, 1.165) is 30.8 Å². The largest absolute Gasteiger partial charge is 0.364 e. The van der Waals surface area contributed by atoms with Crippen molar-refractivity contribution in [1.82, 2.24) is 25.1 Å². The molecular formula is C20H21ClN6O. The first-order valence-electron chi connectivity index (χ1n) is 9.26. The van der Waals surface area contributed by atoms with Crippen LogP contribution in [0.25, 0.3) is 5.69 Å². The Labute approximate surface area is 168 Å². The predicted molar refractivity (Wildman–Crippen MR) is 108 cm³/mol. The van der Waals surface area contributed by atoms with Gasteiger partial charge in [-0.05, 0) is 50.5 Å². The van der Waals surface area contributed by atoms with E-state index >= 15 is 0 Å². The maximum Gasteiger partial charge on any atom is 0.253 e. The van der Waals surface area contributed by atoms with Gasteiger partial charge in [0.15, 0.2) is 0 Å². The van der Waals surface area contributed by atoms with Crippen LogP contribution in [0.1, 0.15) is 35.3 Å². The van der Waals surface area contributed by atoms with Gasteiger partial charge in [0.2, 0.25) is 0 Å². The third kappa shape index (κ3) is 3.99. The van der Waals surface area contributed by atoms with Crippen LogP contribution < -0.4 is 10.6 Å². The van der Waals surface area contributed by atoms with Gasteiger partial charge in [-0.3, -0.25) is 9.78 Å². The Bertz CT molecular complexity index is 957. The number of nitrogens with zero attached hydrogens (tertiary/aromatic N) is 4. The highest BCUT2D eigenvalue weighted by atomic mass is 35.5. The number of aryl methyl sites for hydroxylation is 1. The molecule has 3 aromatic rings. The zero-order valence-electron chi connectivity index (χ0n) is 15.5. The number of benzene rings is 1. The molecule has 1 amide bonds. The van der Waals surface area contributed by atoms with E-state index in [1.54, 1.807) is 47.7 Å². The van der Waals surface area contributed by atoms with E-state index in [2.05, 4.69) is 25.7 Å². The summed E-state index contributed by atoms with van der Waals surface area (Å²) in [6.07, 6.45) is 9.82. The van der Waals surface area contributed by atoms with Crippen molar-refractivity contribution in [1.29, 1.82) is 0 Å². The van der Waals surface area contributed by atoms with Crippen molar-refractivity contribution in [3.63, 3.8) is 0 Å².